The molecule has 3 N–H and O–H groups in total. The van der Waals surface area contributed by atoms with E-state index in [0.717, 1.165) is 17.0 Å². The Morgan fingerprint density at radius 3 is 2.61 bits per heavy atom. The molecule has 0 fully saturated rings. The third kappa shape index (κ3) is 4.31. The van der Waals surface area contributed by atoms with E-state index in [9.17, 15) is 0 Å². The minimum absolute atomic E-state index is 0.118. The Morgan fingerprint density at radius 2 is 1.89 bits per heavy atom. The number of hydrogen-bond acceptors (Lipinski definition) is 7. The molecule has 0 radical (unpaired) electrons. The first-order valence-electron chi connectivity index (χ1n) is 8.96. The van der Waals surface area contributed by atoms with Gasteiger partial charge in [0.25, 0.3) is 0 Å². The quantitative estimate of drug-likeness (QED) is 0.613. The highest BCUT2D eigenvalue weighted by Gasteiger charge is 2.17. The molecule has 0 saturated heterocycles. The molecule has 28 heavy (non-hydrogen) atoms. The minimum Gasteiger partial charge on any atom is -0.368 e. The molecule has 0 aliphatic heterocycles. The Hall–Kier alpha value is -2.93. The van der Waals surface area contributed by atoms with Crippen LogP contribution in [0.5, 0.6) is 0 Å². The van der Waals surface area contributed by atoms with E-state index in [-0.39, 0.29) is 11.1 Å². The number of halogens is 1. The van der Waals surface area contributed by atoms with Gasteiger partial charge in [0.15, 0.2) is 11.0 Å². The van der Waals surface area contributed by atoms with E-state index in [2.05, 4.69) is 46.0 Å². The number of nitrogens with two attached hydrogens (primary N) is 1. The maximum absolute atomic E-state index is 6.41. The molecule has 8 heteroatoms. The zero-order valence-electron chi connectivity index (χ0n) is 16.5. The number of hydrogen-bond donors (Lipinski definition) is 2. The second-order valence-corrected chi connectivity index (χ2v) is 7.10. The van der Waals surface area contributed by atoms with Gasteiger partial charge in [-0.3, -0.25) is 9.97 Å². The van der Waals surface area contributed by atoms with Crippen LogP contribution in [0, 0.1) is 20.8 Å². The number of anilines is 3. The molecular weight excluding hydrogens is 374 g/mol. The molecule has 0 atom stereocenters. The lowest BCUT2D eigenvalue weighted by molar-refractivity contribution is 0.874. The zero-order chi connectivity index (χ0) is 20.3. The molecule has 146 valence electrons. The average molecular weight is 398 g/mol. The Balaban J connectivity index is 1.87. The summed E-state index contributed by atoms with van der Waals surface area (Å²) in [6.07, 6.45) is 3.65. The summed E-state index contributed by atoms with van der Waals surface area (Å²) in [5.74, 6) is 0.683. The molecule has 0 aromatic carbocycles. The molecule has 0 unspecified atom stereocenters. The molecule has 0 spiro atoms. The van der Waals surface area contributed by atoms with Crippen LogP contribution in [-0.2, 0) is 13.1 Å². The summed E-state index contributed by atoms with van der Waals surface area (Å²) >= 11 is 6.41. The van der Waals surface area contributed by atoms with Crippen LogP contribution < -0.4 is 16.0 Å². The topological polar surface area (TPSA) is 92.8 Å². The normalized spacial score (nSPS) is 10.8. The second-order valence-electron chi connectivity index (χ2n) is 6.74. The van der Waals surface area contributed by atoms with Gasteiger partial charge in [-0.25, -0.2) is 0 Å². The van der Waals surface area contributed by atoms with E-state index in [4.69, 9.17) is 17.3 Å². The van der Waals surface area contributed by atoms with Crippen LogP contribution in [0.25, 0.3) is 0 Å². The minimum atomic E-state index is 0.118. The van der Waals surface area contributed by atoms with Crippen LogP contribution in [0.1, 0.15) is 28.1 Å². The van der Waals surface area contributed by atoms with Crippen LogP contribution >= 0.6 is 11.6 Å². The molecule has 0 amide bonds. The maximum atomic E-state index is 6.41. The fourth-order valence-electron chi connectivity index (χ4n) is 2.95. The van der Waals surface area contributed by atoms with Crippen molar-refractivity contribution in [1.29, 1.82) is 0 Å². The fourth-order valence-corrected chi connectivity index (χ4v) is 3.27. The molecule has 0 aliphatic carbocycles. The van der Waals surface area contributed by atoms with Crippen LogP contribution in [0.3, 0.4) is 0 Å². The SMILES string of the molecule is Cc1cnc(CNc2nc(N)nc(Cl)c2N(C)Cc2ccccn2)c(C)c1C. The number of nitrogens with zero attached hydrogens (tertiary/aromatic N) is 5. The van der Waals surface area contributed by atoms with Crippen molar-refractivity contribution in [3.05, 3.63) is 63.8 Å². The number of nitrogens with one attached hydrogen (secondary N) is 1. The summed E-state index contributed by atoms with van der Waals surface area (Å²) in [4.78, 5) is 19.3. The van der Waals surface area contributed by atoms with E-state index in [0.29, 0.717) is 24.6 Å². The van der Waals surface area contributed by atoms with Crippen molar-refractivity contribution in [2.24, 2.45) is 0 Å². The van der Waals surface area contributed by atoms with Gasteiger partial charge in [0.05, 0.1) is 24.5 Å². The summed E-state index contributed by atoms with van der Waals surface area (Å²) in [6, 6.07) is 5.79. The van der Waals surface area contributed by atoms with Crippen molar-refractivity contribution in [1.82, 2.24) is 19.9 Å². The van der Waals surface area contributed by atoms with E-state index < -0.39 is 0 Å². The van der Waals surface area contributed by atoms with E-state index in [1.165, 1.54) is 11.1 Å². The van der Waals surface area contributed by atoms with Crippen LogP contribution in [0.4, 0.5) is 17.5 Å². The molecule has 0 saturated carbocycles. The highest BCUT2D eigenvalue weighted by Crippen LogP contribution is 2.32. The monoisotopic (exact) mass is 397 g/mol. The van der Waals surface area contributed by atoms with E-state index >= 15 is 0 Å². The summed E-state index contributed by atoms with van der Waals surface area (Å²) in [5.41, 5.74) is 11.9. The van der Waals surface area contributed by atoms with Crippen LogP contribution in [-0.4, -0.2) is 27.0 Å². The smallest absolute Gasteiger partial charge is 0.223 e. The highest BCUT2D eigenvalue weighted by atomic mass is 35.5. The Labute approximate surface area is 170 Å². The van der Waals surface area contributed by atoms with Crippen molar-refractivity contribution in [3.8, 4) is 0 Å². The van der Waals surface area contributed by atoms with Crippen LogP contribution in [0.15, 0.2) is 30.6 Å². The Morgan fingerprint density at radius 1 is 1.11 bits per heavy atom. The zero-order valence-corrected chi connectivity index (χ0v) is 17.2. The Bertz CT molecular complexity index is 976. The lowest BCUT2D eigenvalue weighted by atomic mass is 10.0. The molecule has 3 aromatic heterocycles. The van der Waals surface area contributed by atoms with E-state index in [1.807, 2.05) is 36.3 Å². The Kier molecular flexibility index (Phi) is 5.94. The molecule has 0 aliphatic rings. The number of rotatable bonds is 6. The highest BCUT2D eigenvalue weighted by molar-refractivity contribution is 6.32. The summed E-state index contributed by atoms with van der Waals surface area (Å²) in [6.45, 7) is 7.29. The molecule has 3 heterocycles. The first-order chi connectivity index (χ1) is 13.4. The number of nitrogen functional groups attached to an aromatic ring is 1. The van der Waals surface area contributed by atoms with Gasteiger partial charge in [-0.1, -0.05) is 17.7 Å². The van der Waals surface area contributed by atoms with Crippen molar-refractivity contribution in [3.63, 3.8) is 0 Å². The van der Waals surface area contributed by atoms with Gasteiger partial charge in [0.2, 0.25) is 5.95 Å². The predicted molar refractivity (Wildman–Crippen MR) is 114 cm³/mol. The number of aromatic nitrogens is 4. The van der Waals surface area contributed by atoms with Gasteiger partial charge in [-0.05, 0) is 49.6 Å². The first-order valence-corrected chi connectivity index (χ1v) is 9.34. The lowest BCUT2D eigenvalue weighted by Gasteiger charge is -2.23. The van der Waals surface area contributed by atoms with Crippen molar-refractivity contribution < 1.29 is 0 Å². The molecule has 3 rings (SSSR count). The third-order valence-corrected chi connectivity index (χ3v) is 5.05. The van der Waals surface area contributed by atoms with Crippen molar-refractivity contribution in [2.45, 2.75) is 33.9 Å². The second kappa shape index (κ2) is 8.39. The average Bonchev–Trinajstić information content (AvgIpc) is 2.65. The van der Waals surface area contributed by atoms with E-state index in [1.54, 1.807) is 6.20 Å². The van der Waals surface area contributed by atoms with Gasteiger partial charge in [0.1, 0.15) is 5.69 Å². The summed E-state index contributed by atoms with van der Waals surface area (Å²) in [5, 5.41) is 3.62. The van der Waals surface area contributed by atoms with Gasteiger partial charge in [-0.2, -0.15) is 9.97 Å². The lowest BCUT2D eigenvalue weighted by Crippen LogP contribution is -2.21. The summed E-state index contributed by atoms with van der Waals surface area (Å²) in [7, 11) is 1.92. The fraction of sp³-hybridized carbons (Fsp3) is 0.300. The van der Waals surface area contributed by atoms with Gasteiger partial charge in [-0.15, -0.1) is 0 Å². The first kappa shape index (κ1) is 19.8. The molecule has 7 nitrogen and oxygen atoms in total. The predicted octanol–water partition coefficient (Wildman–Crippen LogP) is 3.68. The molecule has 3 aromatic rings. The largest absolute Gasteiger partial charge is 0.368 e. The van der Waals surface area contributed by atoms with Gasteiger partial charge < -0.3 is 16.0 Å². The number of aryl methyl sites for hydroxylation is 1. The van der Waals surface area contributed by atoms with Gasteiger partial charge in [0, 0.05) is 19.4 Å². The number of pyridine rings is 2. The maximum Gasteiger partial charge on any atom is 0.223 e. The van der Waals surface area contributed by atoms with Gasteiger partial charge >= 0.3 is 0 Å². The molecular formula is C20H24ClN7. The van der Waals surface area contributed by atoms with Crippen LogP contribution in [0.2, 0.25) is 5.15 Å². The third-order valence-electron chi connectivity index (χ3n) is 4.79. The summed E-state index contributed by atoms with van der Waals surface area (Å²) < 4.78 is 0. The van der Waals surface area contributed by atoms with Crippen molar-refractivity contribution >= 4 is 29.1 Å². The van der Waals surface area contributed by atoms with Crippen molar-refractivity contribution in [2.75, 3.05) is 23.0 Å². The standard InChI is InChI=1S/C20H24ClN7/c1-12-9-24-16(14(3)13(12)2)10-25-19-17(18(21)26-20(22)27-19)28(4)11-15-7-5-6-8-23-15/h5-9H,10-11H2,1-4H3,(H3,22,25,26,27). The molecule has 0 bridgehead atoms.